The third-order valence-corrected chi connectivity index (χ3v) is 5.56. The van der Waals surface area contributed by atoms with Crippen LogP contribution in [0.25, 0.3) is 10.9 Å². The Bertz CT molecular complexity index is 894. The molecular formula is C19H20N4OS. The number of pyridine rings is 2. The summed E-state index contributed by atoms with van der Waals surface area (Å²) in [4.78, 5) is 25.0. The Morgan fingerprint density at radius 3 is 2.84 bits per heavy atom. The topological polar surface area (TPSA) is 58.1 Å². The second kappa shape index (κ2) is 6.80. The Balaban J connectivity index is 1.42. The van der Waals surface area contributed by atoms with Crippen LogP contribution in [0.4, 0.5) is 11.5 Å². The second-order valence-electron chi connectivity index (χ2n) is 6.40. The molecule has 4 heterocycles. The van der Waals surface area contributed by atoms with Crippen molar-refractivity contribution < 1.29 is 4.79 Å². The molecule has 0 atom stereocenters. The van der Waals surface area contributed by atoms with Crippen LogP contribution in [0, 0.1) is 12.8 Å². The van der Waals surface area contributed by atoms with Crippen LogP contribution in [-0.4, -0.2) is 29.0 Å². The average molecular weight is 352 g/mol. The van der Waals surface area contributed by atoms with Crippen molar-refractivity contribution >= 4 is 39.7 Å². The standard InChI is InChI=1S/C19H20N4OS/c1-13-11-16(12-25-13)23-9-5-15(6-10-23)19(24)22-18-17-14(4-8-21-18)3-2-7-20-17/h2-4,7-8,11-12,15H,5-6,9-10H2,1H3,(H,21,22,24). The lowest BCUT2D eigenvalue weighted by Gasteiger charge is -2.32. The number of fused-ring (bicyclic) bond motifs is 1. The van der Waals surface area contributed by atoms with Gasteiger partial charge in [0.15, 0.2) is 5.82 Å². The molecule has 1 fully saturated rings. The largest absolute Gasteiger partial charge is 0.371 e. The lowest BCUT2D eigenvalue weighted by atomic mass is 9.95. The Hall–Kier alpha value is -2.47. The van der Waals surface area contributed by atoms with Crippen LogP contribution in [0.5, 0.6) is 0 Å². The lowest BCUT2D eigenvalue weighted by Crippen LogP contribution is -2.38. The van der Waals surface area contributed by atoms with E-state index in [-0.39, 0.29) is 11.8 Å². The number of aromatic nitrogens is 2. The Morgan fingerprint density at radius 1 is 1.24 bits per heavy atom. The molecule has 3 aromatic heterocycles. The quantitative estimate of drug-likeness (QED) is 0.778. The Kier molecular flexibility index (Phi) is 4.36. The van der Waals surface area contributed by atoms with E-state index in [1.165, 1.54) is 10.6 Å². The van der Waals surface area contributed by atoms with Gasteiger partial charge in [0.1, 0.15) is 5.52 Å². The van der Waals surface area contributed by atoms with Crippen LogP contribution >= 0.6 is 11.3 Å². The molecule has 0 bridgehead atoms. The van der Waals surface area contributed by atoms with Gasteiger partial charge in [-0.15, -0.1) is 11.3 Å². The Labute approximate surface area is 150 Å². The molecule has 1 saturated heterocycles. The zero-order valence-corrected chi connectivity index (χ0v) is 14.9. The van der Waals surface area contributed by atoms with Gasteiger partial charge in [-0.3, -0.25) is 9.78 Å². The molecule has 128 valence electrons. The number of hydrogen-bond donors (Lipinski definition) is 1. The van der Waals surface area contributed by atoms with Gasteiger partial charge in [-0.2, -0.15) is 0 Å². The van der Waals surface area contributed by atoms with Gasteiger partial charge >= 0.3 is 0 Å². The van der Waals surface area contributed by atoms with E-state index in [1.807, 2.05) is 18.2 Å². The molecule has 0 unspecified atom stereocenters. The molecule has 0 radical (unpaired) electrons. The minimum Gasteiger partial charge on any atom is -0.371 e. The zero-order chi connectivity index (χ0) is 17.2. The first-order chi connectivity index (χ1) is 12.2. The summed E-state index contributed by atoms with van der Waals surface area (Å²) in [6.07, 6.45) is 5.15. The molecule has 25 heavy (non-hydrogen) atoms. The molecule has 0 aromatic carbocycles. The van der Waals surface area contributed by atoms with Crippen molar-refractivity contribution in [2.75, 3.05) is 23.3 Å². The van der Waals surface area contributed by atoms with Gasteiger partial charge < -0.3 is 10.2 Å². The van der Waals surface area contributed by atoms with Gasteiger partial charge in [-0.05, 0) is 38.0 Å². The summed E-state index contributed by atoms with van der Waals surface area (Å²) in [7, 11) is 0. The summed E-state index contributed by atoms with van der Waals surface area (Å²) in [5.74, 6) is 0.627. The third kappa shape index (κ3) is 3.35. The van der Waals surface area contributed by atoms with Gasteiger partial charge in [0.05, 0.1) is 0 Å². The number of carbonyl (C=O) groups excluding carboxylic acids is 1. The molecule has 1 N–H and O–H groups in total. The number of thiophene rings is 1. The highest BCUT2D eigenvalue weighted by Gasteiger charge is 2.26. The normalized spacial score (nSPS) is 15.5. The highest BCUT2D eigenvalue weighted by molar-refractivity contribution is 7.10. The van der Waals surface area contributed by atoms with E-state index in [9.17, 15) is 4.79 Å². The maximum Gasteiger partial charge on any atom is 0.228 e. The molecule has 1 amide bonds. The molecule has 0 saturated carbocycles. The van der Waals surface area contributed by atoms with Crippen molar-refractivity contribution in [2.24, 2.45) is 5.92 Å². The second-order valence-corrected chi connectivity index (χ2v) is 7.52. The van der Waals surface area contributed by atoms with E-state index >= 15 is 0 Å². The fraction of sp³-hybridized carbons (Fsp3) is 0.316. The Morgan fingerprint density at radius 2 is 2.08 bits per heavy atom. The fourth-order valence-corrected chi connectivity index (χ4v) is 4.02. The van der Waals surface area contributed by atoms with Crippen LogP contribution in [0.15, 0.2) is 42.0 Å². The molecule has 0 aliphatic carbocycles. The maximum absolute atomic E-state index is 12.7. The fourth-order valence-electron chi connectivity index (χ4n) is 3.31. The number of carbonyl (C=O) groups is 1. The molecule has 6 heteroatoms. The maximum atomic E-state index is 12.7. The zero-order valence-electron chi connectivity index (χ0n) is 14.1. The van der Waals surface area contributed by atoms with E-state index in [1.54, 1.807) is 23.7 Å². The van der Waals surface area contributed by atoms with Crippen molar-refractivity contribution in [3.05, 3.63) is 46.9 Å². The van der Waals surface area contributed by atoms with Crippen LogP contribution < -0.4 is 10.2 Å². The van der Waals surface area contributed by atoms with Crippen molar-refractivity contribution in [3.8, 4) is 0 Å². The van der Waals surface area contributed by atoms with E-state index in [4.69, 9.17) is 0 Å². The minimum absolute atomic E-state index is 0.0248. The highest BCUT2D eigenvalue weighted by atomic mass is 32.1. The van der Waals surface area contributed by atoms with Gasteiger partial charge in [-0.1, -0.05) is 6.07 Å². The number of nitrogens with one attached hydrogen (secondary N) is 1. The first kappa shape index (κ1) is 16.0. The molecule has 1 aliphatic heterocycles. The SMILES string of the molecule is Cc1cc(N2CCC(C(=O)Nc3nccc4cccnc34)CC2)cs1. The van der Waals surface area contributed by atoms with Crippen molar-refractivity contribution in [2.45, 2.75) is 19.8 Å². The van der Waals surface area contributed by atoms with Crippen molar-refractivity contribution in [1.29, 1.82) is 0 Å². The number of amides is 1. The van der Waals surface area contributed by atoms with Crippen molar-refractivity contribution in [3.63, 3.8) is 0 Å². The smallest absolute Gasteiger partial charge is 0.228 e. The molecule has 0 spiro atoms. The molecule has 4 rings (SSSR count). The number of hydrogen-bond acceptors (Lipinski definition) is 5. The van der Waals surface area contributed by atoms with E-state index < -0.39 is 0 Å². The predicted molar refractivity (Wildman–Crippen MR) is 102 cm³/mol. The number of anilines is 2. The summed E-state index contributed by atoms with van der Waals surface area (Å²) < 4.78 is 0. The van der Waals surface area contributed by atoms with E-state index in [2.05, 4.69) is 38.6 Å². The third-order valence-electron chi connectivity index (χ3n) is 4.71. The van der Waals surface area contributed by atoms with E-state index in [0.717, 1.165) is 36.8 Å². The number of aryl methyl sites for hydroxylation is 1. The molecular weight excluding hydrogens is 332 g/mol. The van der Waals surface area contributed by atoms with Crippen LogP contribution in [0.1, 0.15) is 17.7 Å². The molecule has 1 aliphatic rings. The molecule has 5 nitrogen and oxygen atoms in total. The number of piperidine rings is 1. The highest BCUT2D eigenvalue weighted by Crippen LogP contribution is 2.28. The van der Waals surface area contributed by atoms with E-state index in [0.29, 0.717) is 5.82 Å². The summed E-state index contributed by atoms with van der Waals surface area (Å²) >= 11 is 1.77. The summed E-state index contributed by atoms with van der Waals surface area (Å²) in [5.41, 5.74) is 2.02. The summed E-state index contributed by atoms with van der Waals surface area (Å²) in [5, 5.41) is 6.16. The first-order valence-electron chi connectivity index (χ1n) is 8.51. The summed E-state index contributed by atoms with van der Waals surface area (Å²) in [6, 6.07) is 7.98. The van der Waals surface area contributed by atoms with Gasteiger partial charge in [0.2, 0.25) is 5.91 Å². The van der Waals surface area contributed by atoms with Gasteiger partial charge in [0.25, 0.3) is 0 Å². The number of nitrogens with zero attached hydrogens (tertiary/aromatic N) is 3. The van der Waals surface area contributed by atoms with Crippen LogP contribution in [0.3, 0.4) is 0 Å². The van der Waals surface area contributed by atoms with Crippen LogP contribution in [0.2, 0.25) is 0 Å². The first-order valence-corrected chi connectivity index (χ1v) is 9.39. The average Bonchev–Trinajstić information content (AvgIpc) is 3.08. The lowest BCUT2D eigenvalue weighted by molar-refractivity contribution is -0.120. The molecule has 3 aromatic rings. The number of rotatable bonds is 3. The van der Waals surface area contributed by atoms with Gasteiger partial charge in [0, 0.05) is 52.7 Å². The van der Waals surface area contributed by atoms with Crippen molar-refractivity contribution in [1.82, 2.24) is 9.97 Å². The van der Waals surface area contributed by atoms with Gasteiger partial charge in [-0.25, -0.2) is 4.98 Å². The summed E-state index contributed by atoms with van der Waals surface area (Å²) in [6.45, 7) is 3.95. The monoisotopic (exact) mass is 352 g/mol. The predicted octanol–water partition coefficient (Wildman–Crippen LogP) is 3.85. The minimum atomic E-state index is 0.0248. The van der Waals surface area contributed by atoms with Crippen LogP contribution in [-0.2, 0) is 4.79 Å².